The summed E-state index contributed by atoms with van der Waals surface area (Å²) < 4.78 is 18.9. The lowest BCUT2D eigenvalue weighted by molar-refractivity contribution is -0.141. The van der Waals surface area contributed by atoms with E-state index >= 15 is 0 Å². The number of benzene rings is 2. The molecule has 3 atom stereocenters. The van der Waals surface area contributed by atoms with Gasteiger partial charge in [-0.15, -0.1) is 11.3 Å². The molecule has 0 bridgehead atoms. The van der Waals surface area contributed by atoms with Crippen LogP contribution in [0, 0.1) is 17.7 Å². The summed E-state index contributed by atoms with van der Waals surface area (Å²) in [6, 6.07) is 12.7. The minimum atomic E-state index is -0.665. The number of carbonyl (C=O) groups is 4. The van der Waals surface area contributed by atoms with E-state index in [0.29, 0.717) is 41.5 Å². The van der Waals surface area contributed by atoms with E-state index in [0.717, 1.165) is 30.6 Å². The molecule has 2 aromatic carbocycles. The molecule has 5 rings (SSSR count). The number of rotatable bonds is 11. The van der Waals surface area contributed by atoms with E-state index < -0.39 is 17.9 Å². The lowest BCUT2D eigenvalue weighted by Crippen LogP contribution is -2.49. The highest BCUT2D eigenvalue weighted by Gasteiger charge is 2.42. The SMILES string of the molecule is CC(=O)O/N=C(\N)c1csc([C@@H](C)NC(=O)[C@@H]2C[C@H](C3CCCCC3)CN2C(=O)CNC(=O)c2ccc(Oc3ccc(F)cc3)cc2)c1. The van der Waals surface area contributed by atoms with Crippen LogP contribution in [-0.2, 0) is 19.2 Å². The third kappa shape index (κ3) is 8.97. The van der Waals surface area contributed by atoms with Gasteiger partial charge in [0.1, 0.15) is 23.4 Å². The second-order valence-corrected chi connectivity index (χ2v) is 13.2. The van der Waals surface area contributed by atoms with Crippen LogP contribution in [0.3, 0.4) is 0 Å². The van der Waals surface area contributed by atoms with Crippen LogP contribution < -0.4 is 21.1 Å². The van der Waals surface area contributed by atoms with Crippen molar-refractivity contribution in [1.29, 1.82) is 0 Å². The number of amidine groups is 1. The molecule has 0 radical (unpaired) electrons. The van der Waals surface area contributed by atoms with Crippen molar-refractivity contribution in [2.24, 2.45) is 22.7 Å². The molecule has 3 amide bonds. The fraction of sp³-hybridized carbons (Fsp3) is 0.400. The van der Waals surface area contributed by atoms with E-state index in [9.17, 15) is 23.6 Å². The zero-order valence-electron chi connectivity index (χ0n) is 26.9. The highest BCUT2D eigenvalue weighted by Crippen LogP contribution is 2.38. The summed E-state index contributed by atoms with van der Waals surface area (Å²) in [5.41, 5.74) is 6.83. The van der Waals surface area contributed by atoms with Crippen LogP contribution in [0.4, 0.5) is 4.39 Å². The first-order valence-corrected chi connectivity index (χ1v) is 17.0. The van der Waals surface area contributed by atoms with Crippen LogP contribution in [0.25, 0.3) is 0 Å². The van der Waals surface area contributed by atoms with E-state index in [1.54, 1.807) is 40.6 Å². The summed E-state index contributed by atoms with van der Waals surface area (Å²) in [6.07, 6.45) is 6.25. The van der Waals surface area contributed by atoms with Crippen LogP contribution in [0.15, 0.2) is 65.1 Å². The molecule has 2 heterocycles. The number of ether oxygens (including phenoxy) is 1. The molecule has 2 aliphatic rings. The quantitative estimate of drug-likeness (QED) is 0.108. The van der Waals surface area contributed by atoms with E-state index in [1.807, 2.05) is 6.92 Å². The lowest BCUT2D eigenvalue weighted by Gasteiger charge is -2.27. The van der Waals surface area contributed by atoms with Gasteiger partial charge in [-0.05, 0) is 79.8 Å². The molecule has 0 unspecified atom stereocenters. The van der Waals surface area contributed by atoms with Crippen molar-refractivity contribution in [2.75, 3.05) is 13.1 Å². The van der Waals surface area contributed by atoms with Gasteiger partial charge in [-0.1, -0.05) is 37.3 Å². The molecule has 2 fully saturated rings. The molecule has 4 N–H and O–H groups in total. The summed E-state index contributed by atoms with van der Waals surface area (Å²) in [6.45, 7) is 3.29. The number of nitrogens with two attached hydrogens (primary N) is 1. The number of amides is 3. The molecular weight excluding hydrogens is 637 g/mol. The van der Waals surface area contributed by atoms with Crippen LogP contribution in [-0.4, -0.2) is 53.6 Å². The molecule has 1 aliphatic carbocycles. The van der Waals surface area contributed by atoms with E-state index in [2.05, 4.69) is 20.6 Å². The molecule has 0 spiro atoms. The van der Waals surface area contributed by atoms with Crippen molar-refractivity contribution in [1.82, 2.24) is 15.5 Å². The average molecular weight is 678 g/mol. The highest BCUT2D eigenvalue weighted by molar-refractivity contribution is 7.10. The van der Waals surface area contributed by atoms with Gasteiger partial charge in [0.25, 0.3) is 5.91 Å². The number of hydrogen-bond donors (Lipinski definition) is 3. The van der Waals surface area contributed by atoms with Gasteiger partial charge in [-0.2, -0.15) is 0 Å². The number of nitrogens with one attached hydrogen (secondary N) is 2. The number of nitrogens with zero attached hydrogens (tertiary/aromatic N) is 2. The van der Waals surface area contributed by atoms with Crippen molar-refractivity contribution in [2.45, 2.75) is 64.5 Å². The van der Waals surface area contributed by atoms with E-state index in [1.165, 1.54) is 48.9 Å². The van der Waals surface area contributed by atoms with Crippen LogP contribution in [0.5, 0.6) is 11.5 Å². The largest absolute Gasteiger partial charge is 0.457 e. The van der Waals surface area contributed by atoms with Gasteiger partial charge < -0.3 is 30.8 Å². The zero-order chi connectivity index (χ0) is 34.2. The third-order valence-electron chi connectivity index (χ3n) is 8.81. The van der Waals surface area contributed by atoms with E-state index in [-0.39, 0.29) is 42.0 Å². The molecule has 1 aromatic heterocycles. The molecular formula is C35H40FN5O6S. The molecule has 254 valence electrons. The fourth-order valence-electron chi connectivity index (χ4n) is 6.27. The fourth-order valence-corrected chi connectivity index (χ4v) is 7.18. The number of oxime groups is 1. The molecule has 1 aliphatic heterocycles. The minimum absolute atomic E-state index is 0.0467. The zero-order valence-corrected chi connectivity index (χ0v) is 27.8. The Kier molecular flexibility index (Phi) is 11.4. The molecule has 1 saturated carbocycles. The Hall–Kier alpha value is -4.78. The second-order valence-electron chi connectivity index (χ2n) is 12.2. The van der Waals surface area contributed by atoms with Crippen LogP contribution >= 0.6 is 11.3 Å². The van der Waals surface area contributed by atoms with Gasteiger partial charge in [0.2, 0.25) is 11.8 Å². The van der Waals surface area contributed by atoms with Crippen molar-refractivity contribution in [3.05, 3.63) is 81.8 Å². The molecule has 1 saturated heterocycles. The first-order valence-electron chi connectivity index (χ1n) is 16.1. The van der Waals surface area contributed by atoms with Gasteiger partial charge in [0.05, 0.1) is 12.6 Å². The van der Waals surface area contributed by atoms with Gasteiger partial charge in [0, 0.05) is 34.9 Å². The molecule has 11 nitrogen and oxygen atoms in total. The third-order valence-corrected chi connectivity index (χ3v) is 9.93. The summed E-state index contributed by atoms with van der Waals surface area (Å²) in [5, 5.41) is 11.1. The predicted octanol–water partition coefficient (Wildman–Crippen LogP) is 5.27. The number of carbonyl (C=O) groups excluding carboxylic acids is 4. The Balaban J connectivity index is 1.21. The Labute approximate surface area is 282 Å². The summed E-state index contributed by atoms with van der Waals surface area (Å²) in [4.78, 5) is 58.3. The Morgan fingerprint density at radius 1 is 1.00 bits per heavy atom. The number of likely N-dealkylation sites (tertiary alicyclic amines) is 1. The number of hydrogen-bond acceptors (Lipinski definition) is 8. The summed E-state index contributed by atoms with van der Waals surface area (Å²) >= 11 is 1.38. The standard InChI is InChI=1S/C35H40FN5O6S/c1-21(31-17-26(20-48-31)33(37)40-47-22(2)42)39-35(45)30-16-25(23-6-4-3-5-7-23)19-41(30)32(43)18-38-34(44)24-8-12-28(13-9-24)46-29-14-10-27(36)11-15-29/h8-15,17,20-21,23,25,30H,3-7,16,18-19H2,1-2H3,(H2,37,40)(H,38,44)(H,39,45)/t21-,25+,30+/m1/s1. The lowest BCUT2D eigenvalue weighted by atomic mass is 9.79. The number of thiophene rings is 1. The minimum Gasteiger partial charge on any atom is -0.457 e. The summed E-state index contributed by atoms with van der Waals surface area (Å²) in [5.74, 6) is -0.325. The summed E-state index contributed by atoms with van der Waals surface area (Å²) in [7, 11) is 0. The maximum Gasteiger partial charge on any atom is 0.332 e. The maximum atomic E-state index is 13.7. The van der Waals surface area contributed by atoms with Gasteiger partial charge in [0.15, 0.2) is 5.84 Å². The second kappa shape index (κ2) is 15.9. The Morgan fingerprint density at radius 2 is 1.67 bits per heavy atom. The predicted molar refractivity (Wildman–Crippen MR) is 179 cm³/mol. The van der Waals surface area contributed by atoms with E-state index in [4.69, 9.17) is 10.5 Å². The average Bonchev–Trinajstić information content (AvgIpc) is 3.77. The topological polar surface area (TPSA) is 152 Å². The first-order chi connectivity index (χ1) is 23.1. The van der Waals surface area contributed by atoms with Gasteiger partial charge in [-0.3, -0.25) is 14.4 Å². The normalized spacial score (nSPS) is 19.0. The smallest absolute Gasteiger partial charge is 0.332 e. The molecule has 48 heavy (non-hydrogen) atoms. The monoisotopic (exact) mass is 677 g/mol. The molecule has 3 aromatic rings. The molecule has 13 heteroatoms. The van der Waals surface area contributed by atoms with Gasteiger partial charge in [-0.25, -0.2) is 9.18 Å². The van der Waals surface area contributed by atoms with Crippen molar-refractivity contribution >= 4 is 40.9 Å². The highest BCUT2D eigenvalue weighted by atomic mass is 32.1. The van der Waals surface area contributed by atoms with Crippen molar-refractivity contribution < 1.29 is 33.1 Å². The van der Waals surface area contributed by atoms with Crippen LogP contribution in [0.1, 0.15) is 79.2 Å². The van der Waals surface area contributed by atoms with Crippen molar-refractivity contribution in [3.63, 3.8) is 0 Å². The van der Waals surface area contributed by atoms with Crippen LogP contribution in [0.2, 0.25) is 0 Å². The first kappa shape index (κ1) is 34.6. The van der Waals surface area contributed by atoms with Crippen molar-refractivity contribution in [3.8, 4) is 11.5 Å². The number of halogens is 1. The maximum absolute atomic E-state index is 13.7. The van der Waals surface area contributed by atoms with Gasteiger partial charge >= 0.3 is 5.97 Å². The Morgan fingerprint density at radius 3 is 2.33 bits per heavy atom. The Bertz CT molecular complexity index is 1640.